The molecule has 1 aromatic rings. The molecule has 0 spiro atoms. The molecule has 1 aromatic carbocycles. The molecule has 2 saturated heterocycles. The Kier molecular flexibility index (Phi) is 4.43. The summed E-state index contributed by atoms with van der Waals surface area (Å²) in [5.41, 5.74) is 1.45. The number of carbonyl (C=O) groups is 4. The van der Waals surface area contributed by atoms with Crippen molar-refractivity contribution in [2.24, 2.45) is 5.92 Å². The summed E-state index contributed by atoms with van der Waals surface area (Å²) in [6.07, 6.45) is 1.30. The highest BCUT2D eigenvalue weighted by Gasteiger charge is 2.46. The molecule has 2 unspecified atom stereocenters. The van der Waals surface area contributed by atoms with E-state index >= 15 is 0 Å². The summed E-state index contributed by atoms with van der Waals surface area (Å²) in [5, 5.41) is 5.40. The van der Waals surface area contributed by atoms with Crippen molar-refractivity contribution in [3.8, 4) is 0 Å². The van der Waals surface area contributed by atoms with Gasteiger partial charge in [-0.2, -0.15) is 0 Å². The van der Waals surface area contributed by atoms with Crippen molar-refractivity contribution in [3.05, 3.63) is 29.3 Å². The SMILES string of the molecule is CNCC1CCN(c2cccc3c2C(=O)N(C2CCC(=O)NC2=O)C3=O)C1. The number of rotatable bonds is 4. The lowest BCUT2D eigenvalue weighted by molar-refractivity contribution is -0.136. The highest BCUT2D eigenvalue weighted by atomic mass is 16.2. The molecule has 3 aliphatic rings. The van der Waals surface area contributed by atoms with Gasteiger partial charge < -0.3 is 10.2 Å². The van der Waals surface area contributed by atoms with Crippen LogP contribution in [0.5, 0.6) is 0 Å². The van der Waals surface area contributed by atoms with Crippen LogP contribution in [0.15, 0.2) is 18.2 Å². The van der Waals surface area contributed by atoms with Crippen molar-refractivity contribution < 1.29 is 19.2 Å². The summed E-state index contributed by atoms with van der Waals surface area (Å²) in [6.45, 7) is 2.54. The van der Waals surface area contributed by atoms with E-state index in [0.29, 0.717) is 17.0 Å². The van der Waals surface area contributed by atoms with Gasteiger partial charge in [0.1, 0.15) is 6.04 Å². The van der Waals surface area contributed by atoms with Crippen LogP contribution >= 0.6 is 0 Å². The van der Waals surface area contributed by atoms with Crippen molar-refractivity contribution in [1.29, 1.82) is 0 Å². The number of hydrogen-bond acceptors (Lipinski definition) is 6. The lowest BCUT2D eigenvalue weighted by atomic mass is 10.0. The number of carbonyl (C=O) groups excluding carboxylic acids is 4. The van der Waals surface area contributed by atoms with Gasteiger partial charge in [0.15, 0.2) is 0 Å². The molecule has 0 radical (unpaired) electrons. The molecule has 27 heavy (non-hydrogen) atoms. The number of fused-ring (bicyclic) bond motifs is 1. The summed E-state index contributed by atoms with van der Waals surface area (Å²) in [4.78, 5) is 52.8. The molecule has 0 aromatic heterocycles. The van der Waals surface area contributed by atoms with E-state index in [9.17, 15) is 19.2 Å². The molecule has 142 valence electrons. The highest BCUT2D eigenvalue weighted by molar-refractivity contribution is 6.25. The lowest BCUT2D eigenvalue weighted by Crippen LogP contribution is -2.54. The fourth-order valence-electron chi connectivity index (χ4n) is 4.27. The Morgan fingerprint density at radius 3 is 2.70 bits per heavy atom. The van der Waals surface area contributed by atoms with Gasteiger partial charge in [-0.05, 0) is 44.5 Å². The molecule has 4 amide bonds. The van der Waals surface area contributed by atoms with Gasteiger partial charge in [0.05, 0.1) is 16.8 Å². The molecule has 2 N–H and O–H groups in total. The molecular formula is C19H22N4O4. The van der Waals surface area contributed by atoms with Crippen LogP contribution in [0.2, 0.25) is 0 Å². The van der Waals surface area contributed by atoms with Gasteiger partial charge in [-0.1, -0.05) is 6.07 Å². The molecule has 0 bridgehead atoms. The molecule has 3 heterocycles. The van der Waals surface area contributed by atoms with Gasteiger partial charge in [-0.25, -0.2) is 0 Å². The Morgan fingerprint density at radius 2 is 1.96 bits per heavy atom. The second-order valence-electron chi connectivity index (χ2n) is 7.31. The first-order valence-electron chi connectivity index (χ1n) is 9.25. The van der Waals surface area contributed by atoms with Crippen molar-refractivity contribution >= 4 is 29.3 Å². The highest BCUT2D eigenvalue weighted by Crippen LogP contribution is 2.36. The summed E-state index contributed by atoms with van der Waals surface area (Å²) in [7, 11) is 1.92. The summed E-state index contributed by atoms with van der Waals surface area (Å²) in [5.74, 6) is -1.38. The van der Waals surface area contributed by atoms with E-state index in [-0.39, 0.29) is 18.7 Å². The Balaban J connectivity index is 1.64. The second kappa shape index (κ2) is 6.77. The number of amides is 4. The zero-order valence-corrected chi connectivity index (χ0v) is 15.2. The van der Waals surface area contributed by atoms with Crippen molar-refractivity contribution in [2.45, 2.75) is 25.3 Å². The largest absolute Gasteiger partial charge is 0.371 e. The van der Waals surface area contributed by atoms with E-state index in [2.05, 4.69) is 15.5 Å². The first kappa shape index (κ1) is 17.7. The van der Waals surface area contributed by atoms with Gasteiger partial charge in [-0.15, -0.1) is 0 Å². The molecular weight excluding hydrogens is 348 g/mol. The van der Waals surface area contributed by atoms with Crippen LogP contribution < -0.4 is 15.5 Å². The topological polar surface area (TPSA) is 98.8 Å². The van der Waals surface area contributed by atoms with Crippen LogP contribution in [-0.2, 0) is 9.59 Å². The molecule has 8 nitrogen and oxygen atoms in total. The molecule has 2 atom stereocenters. The monoisotopic (exact) mass is 370 g/mol. The van der Waals surface area contributed by atoms with E-state index in [0.717, 1.165) is 36.6 Å². The van der Waals surface area contributed by atoms with Crippen molar-refractivity contribution in [1.82, 2.24) is 15.5 Å². The Hall–Kier alpha value is -2.74. The molecule has 3 aliphatic heterocycles. The maximum absolute atomic E-state index is 13.1. The zero-order chi connectivity index (χ0) is 19.1. The van der Waals surface area contributed by atoms with Gasteiger partial charge in [-0.3, -0.25) is 29.4 Å². The summed E-state index contributed by atoms with van der Waals surface area (Å²) < 4.78 is 0. The smallest absolute Gasteiger partial charge is 0.264 e. The van der Waals surface area contributed by atoms with Gasteiger partial charge in [0.2, 0.25) is 11.8 Å². The number of piperidine rings is 1. The minimum atomic E-state index is -0.932. The van der Waals surface area contributed by atoms with Crippen LogP contribution in [-0.4, -0.2) is 61.3 Å². The average Bonchev–Trinajstić information content (AvgIpc) is 3.20. The number of benzene rings is 1. The third kappa shape index (κ3) is 2.90. The Labute approximate surface area is 156 Å². The van der Waals surface area contributed by atoms with Crippen LogP contribution in [0.3, 0.4) is 0 Å². The fraction of sp³-hybridized carbons (Fsp3) is 0.474. The molecule has 4 rings (SSSR count). The fourth-order valence-corrected chi connectivity index (χ4v) is 4.27. The van der Waals surface area contributed by atoms with Crippen molar-refractivity contribution in [2.75, 3.05) is 31.6 Å². The molecule has 0 aliphatic carbocycles. The predicted octanol–water partition coefficient (Wildman–Crippen LogP) is 0.134. The molecule has 0 saturated carbocycles. The quantitative estimate of drug-likeness (QED) is 0.732. The van der Waals surface area contributed by atoms with E-state index in [1.165, 1.54) is 0 Å². The first-order valence-corrected chi connectivity index (χ1v) is 9.25. The average molecular weight is 370 g/mol. The standard InChI is InChI=1S/C19H22N4O4/c1-20-9-11-7-8-22(10-11)13-4-2-3-12-16(13)19(27)23(18(12)26)14-5-6-15(24)21-17(14)25/h2-4,11,14,20H,5-10H2,1H3,(H,21,24,25). The third-order valence-electron chi connectivity index (χ3n) is 5.57. The molecule has 2 fully saturated rings. The van der Waals surface area contributed by atoms with Gasteiger partial charge >= 0.3 is 0 Å². The maximum Gasteiger partial charge on any atom is 0.264 e. The number of nitrogens with zero attached hydrogens (tertiary/aromatic N) is 2. The maximum atomic E-state index is 13.1. The van der Waals surface area contributed by atoms with E-state index in [4.69, 9.17) is 0 Å². The number of nitrogens with one attached hydrogen (secondary N) is 2. The normalized spacial score (nSPS) is 25.2. The molecule has 8 heteroatoms. The van der Waals surface area contributed by atoms with E-state index in [1.54, 1.807) is 12.1 Å². The minimum absolute atomic E-state index is 0.120. The summed E-state index contributed by atoms with van der Waals surface area (Å²) in [6, 6.07) is 4.34. The predicted molar refractivity (Wildman–Crippen MR) is 97.4 cm³/mol. The number of hydrogen-bond donors (Lipinski definition) is 2. The minimum Gasteiger partial charge on any atom is -0.371 e. The Morgan fingerprint density at radius 1 is 1.15 bits per heavy atom. The first-order chi connectivity index (χ1) is 13.0. The van der Waals surface area contributed by atoms with Crippen LogP contribution in [0.25, 0.3) is 0 Å². The van der Waals surface area contributed by atoms with Crippen LogP contribution in [0.1, 0.15) is 40.0 Å². The lowest BCUT2D eigenvalue weighted by Gasteiger charge is -2.28. The van der Waals surface area contributed by atoms with Crippen LogP contribution in [0, 0.1) is 5.92 Å². The second-order valence-corrected chi connectivity index (χ2v) is 7.31. The van der Waals surface area contributed by atoms with Gasteiger partial charge in [0.25, 0.3) is 11.8 Å². The zero-order valence-electron chi connectivity index (χ0n) is 15.2. The number of anilines is 1. The van der Waals surface area contributed by atoms with Crippen molar-refractivity contribution in [3.63, 3.8) is 0 Å². The summed E-state index contributed by atoms with van der Waals surface area (Å²) >= 11 is 0. The number of imide groups is 2. The van der Waals surface area contributed by atoms with E-state index < -0.39 is 23.8 Å². The van der Waals surface area contributed by atoms with Crippen LogP contribution in [0.4, 0.5) is 5.69 Å². The third-order valence-corrected chi connectivity index (χ3v) is 5.57. The van der Waals surface area contributed by atoms with Gasteiger partial charge in [0, 0.05) is 19.5 Å². The van der Waals surface area contributed by atoms with E-state index in [1.807, 2.05) is 13.1 Å². The Bertz CT molecular complexity index is 837.